The summed E-state index contributed by atoms with van der Waals surface area (Å²) >= 11 is 0. The van der Waals surface area contributed by atoms with Crippen LogP contribution in [0.2, 0.25) is 0 Å². The van der Waals surface area contributed by atoms with Crippen LogP contribution in [0.3, 0.4) is 0 Å². The van der Waals surface area contributed by atoms with Gasteiger partial charge < -0.3 is 52.5 Å². The first-order chi connectivity index (χ1) is 28.3. The number of ketones is 1. The molecule has 0 aromatic rings. The normalized spacial score (nSPS) is 40.2. The van der Waals surface area contributed by atoms with Gasteiger partial charge in [-0.25, -0.2) is 0 Å². The van der Waals surface area contributed by atoms with Gasteiger partial charge in [-0.2, -0.15) is 0 Å². The lowest BCUT2D eigenvalue weighted by atomic mass is 9.79. The van der Waals surface area contributed by atoms with Gasteiger partial charge >= 0.3 is 17.9 Å². The number of cyclic esters (lactones) is 1. The summed E-state index contributed by atoms with van der Waals surface area (Å²) < 4.78 is 54.6. The third-order valence-electron chi connectivity index (χ3n) is 12.1. The van der Waals surface area contributed by atoms with Crippen molar-refractivity contribution < 1.29 is 71.7 Å². The molecule has 342 valence electrons. The monoisotopic (exact) mass is 853 g/mol. The van der Waals surface area contributed by atoms with Crippen molar-refractivity contribution in [2.24, 2.45) is 29.6 Å². The molecule has 0 aromatic heterocycles. The molecule has 5 unspecified atom stereocenters. The lowest BCUT2D eigenvalue weighted by Gasteiger charge is -2.48. The molecule has 3 aliphatic heterocycles. The highest BCUT2D eigenvalue weighted by Gasteiger charge is 2.52. The van der Waals surface area contributed by atoms with E-state index in [4.69, 9.17) is 42.6 Å². The zero-order valence-electron chi connectivity index (χ0n) is 37.8. The summed E-state index contributed by atoms with van der Waals surface area (Å²) in [5.74, 6) is -4.62. The van der Waals surface area contributed by atoms with Crippen LogP contribution in [0.5, 0.6) is 0 Å². The Hall–Kier alpha value is -3.09. The molecule has 0 radical (unpaired) electrons. The number of nitrogens with zero attached hydrogens (tertiary/aromatic N) is 1. The van der Waals surface area contributed by atoms with E-state index in [1.165, 1.54) is 19.9 Å². The summed E-state index contributed by atoms with van der Waals surface area (Å²) in [6.45, 7) is 15.4. The quantitative estimate of drug-likeness (QED) is 0.159. The van der Waals surface area contributed by atoms with Crippen LogP contribution in [0.25, 0.3) is 0 Å². The Morgan fingerprint density at radius 2 is 1.48 bits per heavy atom. The number of carbonyl (C=O) groups excluding carboxylic acids is 5. The molecule has 3 rings (SSSR count). The summed E-state index contributed by atoms with van der Waals surface area (Å²) in [4.78, 5) is 66.1. The van der Waals surface area contributed by atoms with Gasteiger partial charge in [0.05, 0.1) is 49.6 Å². The predicted molar refractivity (Wildman–Crippen MR) is 218 cm³/mol. The molecule has 3 heterocycles. The van der Waals surface area contributed by atoms with Gasteiger partial charge in [0.1, 0.15) is 24.6 Å². The van der Waals surface area contributed by atoms with Crippen LogP contribution in [-0.4, -0.2) is 148 Å². The lowest BCUT2D eigenvalue weighted by Crippen LogP contribution is -2.65. The Kier molecular flexibility index (Phi) is 20.5. The second-order valence-corrected chi connectivity index (χ2v) is 16.9. The fourth-order valence-corrected chi connectivity index (χ4v) is 8.61. The largest absolute Gasteiger partial charge is 0.462 e. The van der Waals surface area contributed by atoms with E-state index in [1.807, 2.05) is 33.8 Å². The Morgan fingerprint density at radius 1 is 0.867 bits per heavy atom. The smallest absolute Gasteiger partial charge is 0.308 e. The molecular weight excluding hydrogens is 782 g/mol. The molecule has 0 saturated carbocycles. The molecule has 0 aliphatic carbocycles. The average Bonchev–Trinajstić information content (AvgIpc) is 3.17. The first-order valence-electron chi connectivity index (χ1n) is 21.1. The highest BCUT2D eigenvalue weighted by atomic mass is 16.7. The molecule has 0 bridgehead atoms. The molecule has 2 fully saturated rings. The molecule has 3 aliphatic rings. The number of carbonyl (C=O) groups is 5. The van der Waals surface area contributed by atoms with Crippen LogP contribution in [0.15, 0.2) is 23.8 Å². The van der Waals surface area contributed by atoms with Gasteiger partial charge in [0, 0.05) is 58.2 Å². The third-order valence-corrected chi connectivity index (χ3v) is 12.1. The average molecular weight is 854 g/mol. The van der Waals surface area contributed by atoms with Gasteiger partial charge in [-0.15, -0.1) is 0 Å². The van der Waals surface area contributed by atoms with Crippen LogP contribution >= 0.6 is 0 Å². The van der Waals surface area contributed by atoms with E-state index in [2.05, 4.69) is 0 Å². The first-order valence-corrected chi connectivity index (χ1v) is 21.1. The fourth-order valence-electron chi connectivity index (χ4n) is 8.61. The number of methoxy groups -OCH3 is 2. The number of rotatable bonds is 13. The summed E-state index contributed by atoms with van der Waals surface area (Å²) in [6, 6.07) is -0.722. The highest BCUT2D eigenvalue weighted by molar-refractivity contribution is 5.91. The minimum absolute atomic E-state index is 0.0373. The standard InChI is InChI=1S/C44H71NO15/c1-14-35-32(22-54-43-42(53-13)39(52-12)25(4)27(6)55-43)19-23(2)15-16-33(49)24(3)20-31(17-18-46)38(26(5)34(50)21-36(51)59-35)60-44-41(58-30(9)48)37(45(10)11)40(28(7)56-44)57-29(8)47/h15-16,18-19,24-28,31-32,34-35,37-44,50H,14,17,20-22H2,1-13H3/b16-15+,23-19+/t24-,25-,26+,27?,28?,31+,32-,34-,35-,37?,38-,39+,40-,41?,42?,43-,44+/m1/s1. The minimum Gasteiger partial charge on any atom is -0.462 e. The number of ether oxygens (including phenoxy) is 9. The van der Waals surface area contributed by atoms with E-state index in [1.54, 1.807) is 60.1 Å². The van der Waals surface area contributed by atoms with Gasteiger partial charge in [-0.3, -0.25) is 24.1 Å². The zero-order chi connectivity index (χ0) is 45.0. The predicted octanol–water partition coefficient (Wildman–Crippen LogP) is 3.98. The topological polar surface area (TPSA) is 192 Å². The van der Waals surface area contributed by atoms with Crippen LogP contribution in [-0.2, 0) is 66.6 Å². The molecule has 2 saturated heterocycles. The maximum absolute atomic E-state index is 13.8. The van der Waals surface area contributed by atoms with Gasteiger partial charge in [0.2, 0.25) is 0 Å². The summed E-state index contributed by atoms with van der Waals surface area (Å²) in [7, 11) is 6.67. The number of hydrogen-bond donors (Lipinski definition) is 1. The molecule has 0 amide bonds. The Labute approximate surface area is 355 Å². The summed E-state index contributed by atoms with van der Waals surface area (Å²) in [6.07, 6.45) is -2.96. The SMILES string of the molecule is CC[C@H]1OC(=O)C[C@@H](O)[C@H](C)[C@@H](O[C@@H]2OC(C)[C@@H](OC(C)=O)C(N(C)C)C2OC(C)=O)[C@@H](CC=O)C[C@@H](C)C(=O)/C=C/C(C)=C/[C@@H]1CO[C@@H]1OC(C)[C@@H](C)[C@H](OC)C1OC. The maximum Gasteiger partial charge on any atom is 0.308 e. The molecular formula is C44H71NO15. The molecule has 16 nitrogen and oxygen atoms in total. The highest BCUT2D eigenvalue weighted by Crippen LogP contribution is 2.36. The van der Waals surface area contributed by atoms with Crippen molar-refractivity contribution in [3.63, 3.8) is 0 Å². The number of aliphatic hydroxyl groups excluding tert-OH is 1. The number of aldehydes is 1. The number of allylic oxidation sites excluding steroid dienone is 3. The summed E-state index contributed by atoms with van der Waals surface area (Å²) in [5.41, 5.74) is 0.720. The summed E-state index contributed by atoms with van der Waals surface area (Å²) in [5, 5.41) is 11.8. The third kappa shape index (κ3) is 13.7. The van der Waals surface area contributed by atoms with Crippen LogP contribution in [0.1, 0.15) is 88.0 Å². The second-order valence-electron chi connectivity index (χ2n) is 16.9. The maximum atomic E-state index is 13.8. The van der Waals surface area contributed by atoms with Crippen molar-refractivity contribution in [1.29, 1.82) is 0 Å². The molecule has 17 atom stereocenters. The number of likely N-dealkylation sites (N-methyl/N-ethyl adjacent to an activating group) is 1. The fraction of sp³-hybridized carbons (Fsp3) is 0.795. The van der Waals surface area contributed by atoms with Crippen molar-refractivity contribution in [3.8, 4) is 0 Å². The molecule has 0 aromatic carbocycles. The van der Waals surface area contributed by atoms with E-state index in [0.29, 0.717) is 6.42 Å². The van der Waals surface area contributed by atoms with Crippen molar-refractivity contribution >= 4 is 30.0 Å². The number of aliphatic hydroxyl groups is 1. The van der Waals surface area contributed by atoms with Crippen LogP contribution in [0, 0.1) is 29.6 Å². The first kappa shape index (κ1) is 51.3. The Balaban J connectivity index is 2.03. The van der Waals surface area contributed by atoms with Gasteiger partial charge in [-0.1, -0.05) is 45.4 Å². The molecule has 60 heavy (non-hydrogen) atoms. The van der Waals surface area contributed by atoms with E-state index >= 15 is 0 Å². The van der Waals surface area contributed by atoms with Crippen molar-refractivity contribution in [2.75, 3.05) is 34.9 Å². The second kappa shape index (κ2) is 23.9. The number of hydrogen-bond acceptors (Lipinski definition) is 16. The number of esters is 3. The van der Waals surface area contributed by atoms with E-state index in [-0.39, 0.29) is 43.4 Å². The van der Waals surface area contributed by atoms with E-state index < -0.39 is 109 Å². The molecule has 16 heteroatoms. The van der Waals surface area contributed by atoms with Gasteiger partial charge in [0.15, 0.2) is 24.5 Å². The van der Waals surface area contributed by atoms with E-state index in [0.717, 1.165) is 11.9 Å². The van der Waals surface area contributed by atoms with Gasteiger partial charge in [0.25, 0.3) is 0 Å². The Bertz CT molecular complexity index is 1480. The van der Waals surface area contributed by atoms with Gasteiger partial charge in [-0.05, 0) is 59.7 Å². The van der Waals surface area contributed by atoms with E-state index in [9.17, 15) is 29.1 Å². The van der Waals surface area contributed by atoms with Crippen molar-refractivity contribution in [3.05, 3.63) is 23.8 Å². The lowest BCUT2D eigenvalue weighted by molar-refractivity contribution is -0.308. The molecule has 1 N–H and O–H groups in total. The van der Waals surface area contributed by atoms with Crippen LogP contribution < -0.4 is 0 Å². The molecule has 0 spiro atoms. The van der Waals surface area contributed by atoms with Crippen molar-refractivity contribution in [1.82, 2.24) is 4.90 Å². The van der Waals surface area contributed by atoms with Crippen LogP contribution in [0.4, 0.5) is 0 Å². The minimum atomic E-state index is -1.35. The Morgan fingerprint density at radius 3 is 2.05 bits per heavy atom. The zero-order valence-corrected chi connectivity index (χ0v) is 37.8. The van der Waals surface area contributed by atoms with Crippen molar-refractivity contribution in [2.45, 2.75) is 162 Å².